The summed E-state index contributed by atoms with van der Waals surface area (Å²) in [6, 6.07) is 29.5. The van der Waals surface area contributed by atoms with Crippen molar-refractivity contribution >= 4 is 46.7 Å². The molecule has 4 nitrogen and oxygen atoms in total. The van der Waals surface area contributed by atoms with Crippen molar-refractivity contribution in [2.45, 2.75) is 76.8 Å². The Labute approximate surface area is 226 Å². The normalized spacial score (nSPS) is 26.5. The maximum atomic E-state index is 6.77. The molecule has 2 aliphatic heterocycles. The van der Waals surface area contributed by atoms with E-state index in [0.717, 1.165) is 23.8 Å². The van der Waals surface area contributed by atoms with Crippen molar-refractivity contribution in [2.75, 3.05) is 0 Å². The Morgan fingerprint density at radius 1 is 0.526 bits per heavy atom. The van der Waals surface area contributed by atoms with Gasteiger partial charge in [0.1, 0.15) is 0 Å². The Bertz CT molecular complexity index is 1500. The van der Waals surface area contributed by atoms with E-state index in [1.807, 2.05) is 0 Å². The van der Waals surface area contributed by atoms with Crippen molar-refractivity contribution in [1.29, 1.82) is 0 Å². The summed E-state index contributed by atoms with van der Waals surface area (Å²) in [4.78, 5) is 0. The fourth-order valence-electron chi connectivity index (χ4n) is 5.86. The average molecular weight is 506 g/mol. The van der Waals surface area contributed by atoms with Crippen LogP contribution < -0.4 is 10.9 Å². The smallest absolute Gasteiger partial charge is 0.399 e. The third kappa shape index (κ3) is 4.19. The topological polar surface area (TPSA) is 36.9 Å². The molecule has 2 saturated heterocycles. The standard InChI is InChI=1S/C32H36B2O4/c1-29(2)31(5,37-33(35-29)26-19-18-23-12-7-8-14-25(23)22-26)20-21-32(6)30(3,4)36-34(38-32)28-17-11-15-24-13-9-10-16-27(24)28/h7-19,22H,20-21H2,1-6H3. The third-order valence-electron chi connectivity index (χ3n) is 9.29. The lowest BCUT2D eigenvalue weighted by Gasteiger charge is -2.42. The first-order valence-electron chi connectivity index (χ1n) is 13.7. The van der Waals surface area contributed by atoms with E-state index < -0.39 is 36.6 Å². The molecule has 0 saturated carbocycles. The predicted molar refractivity (Wildman–Crippen MR) is 157 cm³/mol. The largest absolute Gasteiger partial charge is 0.495 e. The fraction of sp³-hybridized carbons (Fsp3) is 0.375. The van der Waals surface area contributed by atoms with Crippen LogP contribution in [0.25, 0.3) is 21.5 Å². The molecular weight excluding hydrogens is 470 g/mol. The summed E-state index contributed by atoms with van der Waals surface area (Å²) in [5.74, 6) is 0. The Hall–Kier alpha value is -2.63. The zero-order valence-electron chi connectivity index (χ0n) is 23.3. The van der Waals surface area contributed by atoms with Gasteiger partial charge in [-0.25, -0.2) is 0 Å². The highest BCUT2D eigenvalue weighted by Gasteiger charge is 2.58. The zero-order valence-corrected chi connectivity index (χ0v) is 23.3. The molecule has 0 spiro atoms. The van der Waals surface area contributed by atoms with Crippen LogP contribution in [0.3, 0.4) is 0 Å². The van der Waals surface area contributed by atoms with E-state index in [0.29, 0.717) is 0 Å². The highest BCUT2D eigenvalue weighted by Crippen LogP contribution is 2.46. The van der Waals surface area contributed by atoms with Crippen LogP contribution in [-0.2, 0) is 18.6 Å². The third-order valence-corrected chi connectivity index (χ3v) is 9.29. The molecule has 2 atom stereocenters. The van der Waals surface area contributed by atoms with Gasteiger partial charge in [0, 0.05) is 0 Å². The van der Waals surface area contributed by atoms with Crippen LogP contribution in [0.15, 0.2) is 84.9 Å². The molecule has 38 heavy (non-hydrogen) atoms. The SMILES string of the molecule is CC1(C)OB(c2ccc3ccccc3c2)OC1(C)CCC1(C)OB(c2cccc3ccccc23)OC1(C)C. The molecule has 2 unspecified atom stereocenters. The fourth-order valence-corrected chi connectivity index (χ4v) is 5.86. The van der Waals surface area contributed by atoms with Gasteiger partial charge in [-0.05, 0) is 86.9 Å². The van der Waals surface area contributed by atoms with Crippen molar-refractivity contribution in [3.05, 3.63) is 84.9 Å². The molecular formula is C32H36B2O4. The van der Waals surface area contributed by atoms with Gasteiger partial charge in [0.05, 0.1) is 22.4 Å². The molecule has 6 rings (SSSR count). The van der Waals surface area contributed by atoms with Crippen LogP contribution in [0.2, 0.25) is 0 Å². The Morgan fingerprint density at radius 2 is 1.08 bits per heavy atom. The number of hydrogen-bond donors (Lipinski definition) is 0. The molecule has 0 amide bonds. The minimum Gasteiger partial charge on any atom is -0.399 e. The highest BCUT2D eigenvalue weighted by atomic mass is 16.7. The summed E-state index contributed by atoms with van der Waals surface area (Å²) >= 11 is 0. The van der Waals surface area contributed by atoms with Crippen molar-refractivity contribution in [2.24, 2.45) is 0 Å². The number of benzene rings is 4. The number of fused-ring (bicyclic) bond motifs is 2. The van der Waals surface area contributed by atoms with E-state index >= 15 is 0 Å². The lowest BCUT2D eigenvalue weighted by atomic mass is 9.75. The molecule has 0 N–H and O–H groups in total. The van der Waals surface area contributed by atoms with Crippen LogP contribution in [0, 0.1) is 0 Å². The Morgan fingerprint density at radius 3 is 1.79 bits per heavy atom. The van der Waals surface area contributed by atoms with Crippen LogP contribution in [0.1, 0.15) is 54.4 Å². The van der Waals surface area contributed by atoms with Crippen molar-refractivity contribution in [3.63, 3.8) is 0 Å². The van der Waals surface area contributed by atoms with Gasteiger partial charge in [0.2, 0.25) is 0 Å². The van der Waals surface area contributed by atoms with E-state index in [1.165, 1.54) is 21.5 Å². The van der Waals surface area contributed by atoms with Gasteiger partial charge in [-0.3, -0.25) is 0 Å². The molecule has 4 aromatic rings. The van der Waals surface area contributed by atoms with Crippen LogP contribution >= 0.6 is 0 Å². The van der Waals surface area contributed by atoms with Crippen molar-refractivity contribution in [1.82, 2.24) is 0 Å². The lowest BCUT2D eigenvalue weighted by Crippen LogP contribution is -2.50. The van der Waals surface area contributed by atoms with Crippen molar-refractivity contribution < 1.29 is 18.6 Å². The minimum absolute atomic E-state index is 0.412. The second-order valence-corrected chi connectivity index (χ2v) is 12.3. The second-order valence-electron chi connectivity index (χ2n) is 12.3. The molecule has 2 aliphatic rings. The second kappa shape index (κ2) is 8.96. The summed E-state index contributed by atoms with van der Waals surface area (Å²) in [5.41, 5.74) is 0.165. The summed E-state index contributed by atoms with van der Waals surface area (Å²) < 4.78 is 26.6. The molecule has 0 radical (unpaired) electrons. The first-order chi connectivity index (χ1) is 18.0. The lowest BCUT2D eigenvalue weighted by molar-refractivity contribution is -0.0576. The van der Waals surface area contributed by atoms with E-state index in [9.17, 15) is 0 Å². The summed E-state index contributed by atoms with van der Waals surface area (Å²) in [7, 11) is -0.836. The Balaban J connectivity index is 1.22. The molecule has 0 aliphatic carbocycles. The highest BCUT2D eigenvalue weighted by molar-refractivity contribution is 6.65. The first-order valence-corrected chi connectivity index (χ1v) is 13.7. The minimum atomic E-state index is -0.502. The predicted octanol–water partition coefficient (Wildman–Crippen LogP) is 6.03. The zero-order chi connectivity index (χ0) is 26.8. The molecule has 2 heterocycles. The van der Waals surface area contributed by atoms with Gasteiger partial charge in [-0.1, -0.05) is 84.9 Å². The first kappa shape index (κ1) is 25.6. The van der Waals surface area contributed by atoms with Crippen LogP contribution in [0.4, 0.5) is 0 Å². The van der Waals surface area contributed by atoms with Gasteiger partial charge in [0.25, 0.3) is 0 Å². The summed E-state index contributed by atoms with van der Waals surface area (Å²) in [6.45, 7) is 12.9. The van der Waals surface area contributed by atoms with Gasteiger partial charge in [0.15, 0.2) is 0 Å². The van der Waals surface area contributed by atoms with Gasteiger partial charge < -0.3 is 18.6 Å². The van der Waals surface area contributed by atoms with E-state index in [2.05, 4.69) is 126 Å². The molecule has 0 aromatic heterocycles. The van der Waals surface area contributed by atoms with Crippen LogP contribution in [-0.4, -0.2) is 36.6 Å². The average Bonchev–Trinajstić information content (AvgIpc) is 3.29. The van der Waals surface area contributed by atoms with E-state index in [-0.39, 0.29) is 0 Å². The number of hydrogen-bond acceptors (Lipinski definition) is 4. The molecule has 4 aromatic carbocycles. The quantitative estimate of drug-likeness (QED) is 0.310. The Kier molecular flexibility index (Phi) is 6.04. The summed E-state index contributed by atoms with van der Waals surface area (Å²) in [5, 5.41) is 4.76. The summed E-state index contributed by atoms with van der Waals surface area (Å²) in [6.07, 6.45) is 1.55. The van der Waals surface area contributed by atoms with Gasteiger partial charge >= 0.3 is 14.2 Å². The van der Waals surface area contributed by atoms with Crippen LogP contribution in [0.5, 0.6) is 0 Å². The molecule has 0 bridgehead atoms. The molecule has 194 valence electrons. The van der Waals surface area contributed by atoms with Crippen molar-refractivity contribution in [3.8, 4) is 0 Å². The maximum Gasteiger partial charge on any atom is 0.495 e. The van der Waals surface area contributed by atoms with Gasteiger partial charge in [-0.2, -0.15) is 0 Å². The molecule has 2 fully saturated rings. The van der Waals surface area contributed by atoms with E-state index in [1.54, 1.807) is 0 Å². The number of rotatable bonds is 5. The van der Waals surface area contributed by atoms with Gasteiger partial charge in [-0.15, -0.1) is 0 Å². The van der Waals surface area contributed by atoms with E-state index in [4.69, 9.17) is 18.6 Å². The molecule has 6 heteroatoms. The monoisotopic (exact) mass is 506 g/mol. The maximum absolute atomic E-state index is 6.77.